The van der Waals surface area contributed by atoms with Crippen LogP contribution in [0.1, 0.15) is 58.2 Å². The zero-order valence-corrected chi connectivity index (χ0v) is 25.8. The van der Waals surface area contributed by atoms with Gasteiger partial charge in [-0.25, -0.2) is 5.09 Å². The molecular weight excluding hydrogens is 525 g/mol. The standard InChI is InChI=1S/C32H40NO6P/c1-31(2,3)25-18-21(35-7)16-23-24-17-22(36-8)19-26(32(4,5)6)29(24)39-40(38-28(23)25)33-27(30(34)37-9)15-20-13-11-10-12-14-20/h10-14,16-19,27,33H,15H2,1-9H3/t27-/m0/s1. The Bertz CT molecular complexity index is 1460. The number of esters is 1. The summed E-state index contributed by atoms with van der Waals surface area (Å²) in [5.41, 5.74) is 3.74. The predicted molar refractivity (Wildman–Crippen MR) is 162 cm³/mol. The summed E-state index contributed by atoms with van der Waals surface area (Å²) in [7, 11) is 2.88. The summed E-state index contributed by atoms with van der Waals surface area (Å²) in [6, 6.07) is 17.1. The van der Waals surface area contributed by atoms with Gasteiger partial charge in [0.25, 0.3) is 0 Å². The van der Waals surface area contributed by atoms with E-state index in [0.717, 1.165) is 27.5 Å². The number of benzene rings is 3. The smallest absolute Gasteiger partial charge is 0.324 e. The first-order valence-corrected chi connectivity index (χ1v) is 14.5. The number of fused-ring (bicyclic) bond motifs is 3. The van der Waals surface area contributed by atoms with E-state index >= 15 is 0 Å². The second-order valence-corrected chi connectivity index (χ2v) is 13.1. The molecule has 4 rings (SSSR count). The van der Waals surface area contributed by atoms with Crippen molar-refractivity contribution in [1.82, 2.24) is 0 Å². The highest BCUT2D eigenvalue weighted by atomic mass is 31.1. The van der Waals surface area contributed by atoms with Gasteiger partial charge < -0.3 is 22.6 Å². The molecule has 0 aliphatic rings. The number of methoxy groups -OCH3 is 3. The number of nitrogens with one attached hydrogen (secondary N) is 1. The summed E-state index contributed by atoms with van der Waals surface area (Å²) < 4.78 is 30.1. The van der Waals surface area contributed by atoms with E-state index in [1.165, 1.54) is 7.11 Å². The van der Waals surface area contributed by atoms with Gasteiger partial charge in [0.1, 0.15) is 28.7 Å². The van der Waals surface area contributed by atoms with Crippen LogP contribution in [0.3, 0.4) is 0 Å². The van der Waals surface area contributed by atoms with Crippen molar-refractivity contribution in [3.05, 3.63) is 71.3 Å². The first-order valence-electron chi connectivity index (χ1n) is 13.3. The van der Waals surface area contributed by atoms with Crippen molar-refractivity contribution in [2.75, 3.05) is 26.4 Å². The Labute approximate surface area is 237 Å². The number of hydrogen-bond acceptors (Lipinski definition) is 7. The summed E-state index contributed by atoms with van der Waals surface area (Å²) in [4.78, 5) is 13.0. The Hall–Kier alpha value is -3.41. The Morgan fingerprint density at radius 1 is 0.800 bits per heavy atom. The maximum absolute atomic E-state index is 13.0. The molecule has 1 aromatic heterocycles. The van der Waals surface area contributed by atoms with Gasteiger partial charge in [0.15, 0.2) is 0 Å². The third-order valence-electron chi connectivity index (χ3n) is 6.88. The fourth-order valence-corrected chi connectivity index (χ4v) is 6.01. The molecule has 0 amide bonds. The molecule has 0 bridgehead atoms. The van der Waals surface area contributed by atoms with E-state index in [1.54, 1.807) is 14.2 Å². The average Bonchev–Trinajstić information content (AvgIpc) is 3.06. The van der Waals surface area contributed by atoms with Crippen LogP contribution in [0.5, 0.6) is 11.5 Å². The highest BCUT2D eigenvalue weighted by Crippen LogP contribution is 2.44. The number of rotatable bonds is 7. The topological polar surface area (TPSA) is 83.1 Å². The lowest BCUT2D eigenvalue weighted by Crippen LogP contribution is -2.31. The zero-order valence-electron chi connectivity index (χ0n) is 24.9. The van der Waals surface area contributed by atoms with Gasteiger partial charge in [-0.2, -0.15) is 0 Å². The van der Waals surface area contributed by atoms with Crippen LogP contribution in [0.25, 0.3) is 21.9 Å². The molecule has 0 saturated heterocycles. The van der Waals surface area contributed by atoms with E-state index in [0.29, 0.717) is 29.1 Å². The molecule has 1 atom stereocenters. The number of carbonyl (C=O) groups excluding carboxylic acids is 1. The van der Waals surface area contributed by atoms with Gasteiger partial charge in [0.2, 0.25) is 0 Å². The van der Waals surface area contributed by atoms with E-state index in [2.05, 4.69) is 46.6 Å². The number of ether oxygens (including phenoxy) is 3. The third-order valence-corrected chi connectivity index (χ3v) is 8.10. The Balaban J connectivity index is 2.11. The van der Waals surface area contributed by atoms with Crippen LogP contribution >= 0.6 is 8.16 Å². The minimum absolute atomic E-state index is 0.276. The summed E-state index contributed by atoms with van der Waals surface area (Å²) in [5.74, 6) is 1.04. The van der Waals surface area contributed by atoms with Crippen LogP contribution in [0, 0.1) is 0 Å². The van der Waals surface area contributed by atoms with Gasteiger partial charge in [-0.15, -0.1) is 0 Å². The fraction of sp³-hybridized carbons (Fsp3) is 0.406. The normalized spacial score (nSPS) is 12.8. The molecule has 3 aromatic carbocycles. The molecule has 40 heavy (non-hydrogen) atoms. The number of hydrogen-bond donors (Lipinski definition) is 1. The molecule has 0 aliphatic carbocycles. The summed E-state index contributed by atoms with van der Waals surface area (Å²) >= 11 is 0. The summed E-state index contributed by atoms with van der Waals surface area (Å²) in [6.45, 7) is 12.8. The SMILES string of the molecule is COC(=O)[C@H](Cc1ccccc1)Np1oc2c(C(C)(C)C)cc(OC)cc2c2cc(OC)cc(C(C)(C)C)c2o1. The molecule has 214 valence electrons. The van der Waals surface area contributed by atoms with Crippen LogP contribution in [0.2, 0.25) is 0 Å². The van der Waals surface area contributed by atoms with E-state index in [1.807, 2.05) is 54.6 Å². The van der Waals surface area contributed by atoms with Crippen molar-refractivity contribution in [3.63, 3.8) is 0 Å². The van der Waals surface area contributed by atoms with Crippen molar-refractivity contribution < 1.29 is 27.4 Å². The minimum atomic E-state index is -1.83. The van der Waals surface area contributed by atoms with Gasteiger partial charge in [0.05, 0.1) is 21.3 Å². The molecule has 0 spiro atoms. The first-order chi connectivity index (χ1) is 18.8. The van der Waals surface area contributed by atoms with Crippen molar-refractivity contribution in [2.45, 2.75) is 64.8 Å². The molecule has 4 aromatic rings. The molecule has 0 saturated carbocycles. The molecular formula is C32H40NO6P. The monoisotopic (exact) mass is 565 g/mol. The van der Waals surface area contributed by atoms with Crippen LogP contribution in [0.4, 0.5) is 0 Å². The third kappa shape index (κ3) is 6.32. The van der Waals surface area contributed by atoms with Crippen LogP contribution < -0.4 is 14.6 Å². The van der Waals surface area contributed by atoms with E-state index in [4.69, 9.17) is 22.6 Å². The van der Waals surface area contributed by atoms with Crippen molar-refractivity contribution >= 4 is 36.1 Å². The lowest BCUT2D eigenvalue weighted by Gasteiger charge is -2.21. The first kappa shape index (κ1) is 29.6. The zero-order chi connectivity index (χ0) is 29.2. The van der Waals surface area contributed by atoms with Gasteiger partial charge >= 0.3 is 14.1 Å². The lowest BCUT2D eigenvalue weighted by atomic mass is 9.84. The molecule has 8 heteroatoms. The molecule has 0 aliphatic heterocycles. The summed E-state index contributed by atoms with van der Waals surface area (Å²) in [6.07, 6.45) is 0.419. The Morgan fingerprint density at radius 3 is 1.68 bits per heavy atom. The van der Waals surface area contributed by atoms with Gasteiger partial charge in [-0.3, -0.25) is 4.79 Å². The predicted octanol–water partition coefficient (Wildman–Crippen LogP) is 8.23. The van der Waals surface area contributed by atoms with Gasteiger partial charge in [-0.05, 0) is 47.1 Å². The molecule has 1 heterocycles. The van der Waals surface area contributed by atoms with Crippen molar-refractivity contribution in [1.29, 1.82) is 0 Å². The average molecular weight is 566 g/mol. The quantitative estimate of drug-likeness (QED) is 0.226. The minimum Gasteiger partial charge on any atom is -0.497 e. The molecule has 0 radical (unpaired) electrons. The second-order valence-electron chi connectivity index (χ2n) is 11.9. The largest absolute Gasteiger partial charge is 0.497 e. The van der Waals surface area contributed by atoms with E-state index < -0.39 is 14.2 Å². The summed E-state index contributed by atoms with van der Waals surface area (Å²) in [5, 5.41) is 5.06. The fourth-order valence-electron chi connectivity index (χ4n) is 4.69. The molecule has 1 N–H and O–H groups in total. The number of carbonyl (C=O) groups is 1. The highest BCUT2D eigenvalue weighted by molar-refractivity contribution is 7.38. The Morgan fingerprint density at radius 2 is 1.27 bits per heavy atom. The highest BCUT2D eigenvalue weighted by Gasteiger charge is 2.27. The second kappa shape index (κ2) is 11.6. The lowest BCUT2D eigenvalue weighted by molar-refractivity contribution is -0.141. The van der Waals surface area contributed by atoms with Crippen LogP contribution in [-0.2, 0) is 26.8 Å². The van der Waals surface area contributed by atoms with Crippen LogP contribution in [0.15, 0.2) is 63.0 Å². The van der Waals surface area contributed by atoms with Crippen molar-refractivity contribution in [2.24, 2.45) is 0 Å². The van der Waals surface area contributed by atoms with Crippen LogP contribution in [-0.4, -0.2) is 33.3 Å². The molecule has 0 fully saturated rings. The van der Waals surface area contributed by atoms with Crippen molar-refractivity contribution in [3.8, 4) is 11.5 Å². The van der Waals surface area contributed by atoms with E-state index in [9.17, 15) is 4.79 Å². The maximum atomic E-state index is 13.0. The van der Waals surface area contributed by atoms with E-state index in [-0.39, 0.29) is 16.8 Å². The van der Waals surface area contributed by atoms with Gasteiger partial charge in [-0.1, -0.05) is 71.9 Å². The maximum Gasteiger partial charge on any atom is 0.324 e. The van der Waals surface area contributed by atoms with Gasteiger partial charge in [0, 0.05) is 21.9 Å². The molecule has 7 nitrogen and oxygen atoms in total. The Kier molecular flexibility index (Phi) is 8.57. The molecule has 0 unspecified atom stereocenters.